The van der Waals surface area contributed by atoms with Crippen molar-refractivity contribution in [1.29, 1.82) is 5.26 Å². The quantitative estimate of drug-likeness (QED) is 0.942. The van der Waals surface area contributed by atoms with Gasteiger partial charge in [0.05, 0.1) is 18.3 Å². The third kappa shape index (κ3) is 2.90. The maximum atomic E-state index is 13.0. The van der Waals surface area contributed by atoms with Crippen LogP contribution >= 0.6 is 0 Å². The Morgan fingerprint density at radius 1 is 1.41 bits per heavy atom. The van der Waals surface area contributed by atoms with Crippen LogP contribution in [0.5, 0.6) is 11.6 Å². The van der Waals surface area contributed by atoms with Gasteiger partial charge in [-0.1, -0.05) is 0 Å². The van der Waals surface area contributed by atoms with Crippen molar-refractivity contribution in [1.82, 2.24) is 4.57 Å². The van der Waals surface area contributed by atoms with Crippen molar-refractivity contribution in [3.8, 4) is 17.7 Å². The first-order valence-corrected chi connectivity index (χ1v) is 7.11. The van der Waals surface area contributed by atoms with E-state index in [0.29, 0.717) is 29.6 Å². The predicted octanol–water partition coefficient (Wildman–Crippen LogP) is 3.05. The molecule has 0 saturated carbocycles. The van der Waals surface area contributed by atoms with E-state index >= 15 is 0 Å². The molecule has 2 heterocycles. The second-order valence-electron chi connectivity index (χ2n) is 5.20. The fourth-order valence-electron chi connectivity index (χ4n) is 2.55. The smallest absolute Gasteiger partial charge is 0.224 e. The first-order chi connectivity index (χ1) is 10.7. The van der Waals surface area contributed by atoms with Crippen LogP contribution in [0.1, 0.15) is 18.5 Å². The Morgan fingerprint density at radius 3 is 2.82 bits per heavy atom. The molecule has 1 fully saturated rings. The SMILES string of the molecule is N#Cc1cc(N)c(Oc2ccc(F)cc2)n1CC1CCCO1. The molecule has 1 saturated heterocycles. The predicted molar refractivity (Wildman–Crippen MR) is 79.0 cm³/mol. The molecule has 114 valence electrons. The summed E-state index contributed by atoms with van der Waals surface area (Å²) in [5, 5.41) is 9.26. The van der Waals surface area contributed by atoms with Crippen molar-refractivity contribution in [3.05, 3.63) is 41.8 Å². The van der Waals surface area contributed by atoms with Gasteiger partial charge in [-0.2, -0.15) is 5.26 Å². The molecule has 0 radical (unpaired) electrons. The molecular weight excluding hydrogens is 285 g/mol. The van der Waals surface area contributed by atoms with Gasteiger partial charge in [0.2, 0.25) is 5.88 Å². The summed E-state index contributed by atoms with van der Waals surface area (Å²) in [5.74, 6) is 0.510. The average Bonchev–Trinajstić information content (AvgIpc) is 3.12. The highest BCUT2D eigenvalue weighted by Crippen LogP contribution is 2.32. The van der Waals surface area contributed by atoms with Crippen molar-refractivity contribution in [2.45, 2.75) is 25.5 Å². The second kappa shape index (κ2) is 6.08. The molecule has 0 bridgehead atoms. The Hall–Kier alpha value is -2.52. The van der Waals surface area contributed by atoms with Gasteiger partial charge in [0, 0.05) is 12.7 Å². The molecule has 0 aliphatic carbocycles. The second-order valence-corrected chi connectivity index (χ2v) is 5.20. The number of nitriles is 1. The van der Waals surface area contributed by atoms with Gasteiger partial charge in [-0.05, 0) is 37.1 Å². The number of nitrogens with zero attached hydrogens (tertiary/aromatic N) is 2. The number of rotatable bonds is 4. The van der Waals surface area contributed by atoms with Crippen molar-refractivity contribution in [2.75, 3.05) is 12.3 Å². The summed E-state index contributed by atoms with van der Waals surface area (Å²) in [6, 6.07) is 9.35. The van der Waals surface area contributed by atoms with E-state index in [9.17, 15) is 9.65 Å². The zero-order valence-electron chi connectivity index (χ0n) is 12.0. The number of aromatic nitrogens is 1. The molecule has 1 aliphatic rings. The topological polar surface area (TPSA) is 73.2 Å². The van der Waals surface area contributed by atoms with Crippen molar-refractivity contribution in [3.63, 3.8) is 0 Å². The zero-order chi connectivity index (χ0) is 15.5. The van der Waals surface area contributed by atoms with Crippen molar-refractivity contribution < 1.29 is 13.9 Å². The van der Waals surface area contributed by atoms with Gasteiger partial charge in [0.15, 0.2) is 0 Å². The van der Waals surface area contributed by atoms with Crippen molar-refractivity contribution >= 4 is 5.69 Å². The summed E-state index contributed by atoms with van der Waals surface area (Å²) in [4.78, 5) is 0. The number of nitrogen functional groups attached to an aromatic ring is 1. The molecule has 0 spiro atoms. The lowest BCUT2D eigenvalue weighted by molar-refractivity contribution is 0.0952. The highest BCUT2D eigenvalue weighted by atomic mass is 19.1. The molecule has 2 N–H and O–H groups in total. The van der Waals surface area contributed by atoms with Crippen LogP contribution in [-0.2, 0) is 11.3 Å². The highest BCUT2D eigenvalue weighted by molar-refractivity contribution is 5.56. The Kier molecular flexibility index (Phi) is 3.98. The lowest BCUT2D eigenvalue weighted by Gasteiger charge is -2.15. The minimum atomic E-state index is -0.340. The lowest BCUT2D eigenvalue weighted by atomic mass is 10.2. The fraction of sp³-hybridized carbons (Fsp3) is 0.312. The van der Waals surface area contributed by atoms with Crippen LogP contribution in [-0.4, -0.2) is 17.3 Å². The van der Waals surface area contributed by atoms with Gasteiger partial charge in [0.25, 0.3) is 0 Å². The summed E-state index contributed by atoms with van der Waals surface area (Å²) >= 11 is 0. The first-order valence-electron chi connectivity index (χ1n) is 7.11. The summed E-state index contributed by atoms with van der Waals surface area (Å²) in [6.45, 7) is 1.24. The van der Waals surface area contributed by atoms with Gasteiger partial charge in [0.1, 0.15) is 23.3 Å². The van der Waals surface area contributed by atoms with E-state index in [-0.39, 0.29) is 11.9 Å². The van der Waals surface area contributed by atoms with E-state index in [2.05, 4.69) is 6.07 Å². The largest absolute Gasteiger partial charge is 0.439 e. The molecule has 22 heavy (non-hydrogen) atoms. The molecule has 1 aliphatic heterocycles. The van der Waals surface area contributed by atoms with Crippen molar-refractivity contribution in [2.24, 2.45) is 0 Å². The molecule has 1 atom stereocenters. The number of benzene rings is 1. The summed E-state index contributed by atoms with van der Waals surface area (Å²) in [6.07, 6.45) is 2.01. The lowest BCUT2D eigenvalue weighted by Crippen LogP contribution is -2.16. The summed E-state index contributed by atoms with van der Waals surface area (Å²) < 4.78 is 26.0. The van der Waals surface area contributed by atoms with Crippen LogP contribution in [0.15, 0.2) is 30.3 Å². The van der Waals surface area contributed by atoms with Gasteiger partial charge in [-0.3, -0.25) is 4.57 Å². The van der Waals surface area contributed by atoms with E-state index in [1.165, 1.54) is 24.3 Å². The van der Waals surface area contributed by atoms with Gasteiger partial charge in [-0.15, -0.1) is 0 Å². The van der Waals surface area contributed by atoms with Crippen LogP contribution in [0.3, 0.4) is 0 Å². The molecule has 1 aromatic heterocycles. The normalized spacial score (nSPS) is 17.4. The van der Waals surface area contributed by atoms with Gasteiger partial charge >= 0.3 is 0 Å². The van der Waals surface area contributed by atoms with Crippen LogP contribution in [0.25, 0.3) is 0 Å². The first kappa shape index (κ1) is 14.4. The standard InChI is InChI=1S/C16H16FN3O2/c17-11-3-5-13(6-4-11)22-16-15(19)8-12(9-18)20(16)10-14-2-1-7-21-14/h3-6,8,14H,1-2,7,10,19H2. The minimum absolute atomic E-state index is 0.0504. The molecule has 1 aromatic carbocycles. The molecule has 0 amide bonds. The fourth-order valence-corrected chi connectivity index (χ4v) is 2.55. The zero-order valence-corrected chi connectivity index (χ0v) is 12.0. The van der Waals surface area contributed by atoms with Crippen LogP contribution in [0.4, 0.5) is 10.1 Å². The molecule has 5 nitrogen and oxygen atoms in total. The molecule has 3 rings (SSSR count). The minimum Gasteiger partial charge on any atom is -0.439 e. The third-order valence-corrected chi connectivity index (χ3v) is 3.63. The Bertz CT molecular complexity index is 697. The monoisotopic (exact) mass is 301 g/mol. The number of halogens is 1. The van der Waals surface area contributed by atoms with Crippen LogP contribution in [0, 0.1) is 17.1 Å². The number of ether oxygens (including phenoxy) is 2. The maximum Gasteiger partial charge on any atom is 0.224 e. The summed E-state index contributed by atoms with van der Waals surface area (Å²) in [7, 11) is 0. The molecule has 6 heteroatoms. The Labute approximate surface area is 127 Å². The van der Waals surface area contributed by atoms with E-state index < -0.39 is 0 Å². The third-order valence-electron chi connectivity index (χ3n) is 3.63. The number of hydrogen-bond donors (Lipinski definition) is 1. The van der Waals surface area contributed by atoms with Gasteiger partial charge < -0.3 is 15.2 Å². The summed E-state index contributed by atoms with van der Waals surface area (Å²) in [5.41, 5.74) is 6.75. The molecular formula is C16H16FN3O2. The van der Waals surface area contributed by atoms with E-state index in [1.54, 1.807) is 10.6 Å². The molecule has 2 aromatic rings. The number of hydrogen-bond acceptors (Lipinski definition) is 4. The molecule has 1 unspecified atom stereocenters. The van der Waals surface area contributed by atoms with E-state index in [4.69, 9.17) is 15.2 Å². The van der Waals surface area contributed by atoms with Crippen LogP contribution < -0.4 is 10.5 Å². The van der Waals surface area contributed by atoms with E-state index in [1.807, 2.05) is 0 Å². The average molecular weight is 301 g/mol. The Morgan fingerprint density at radius 2 is 2.18 bits per heavy atom. The number of nitrogens with two attached hydrogens (primary N) is 1. The van der Waals surface area contributed by atoms with E-state index in [0.717, 1.165) is 19.4 Å². The Balaban J connectivity index is 1.90. The number of anilines is 1. The van der Waals surface area contributed by atoms with Gasteiger partial charge in [-0.25, -0.2) is 4.39 Å². The van der Waals surface area contributed by atoms with Crippen LogP contribution in [0.2, 0.25) is 0 Å². The highest BCUT2D eigenvalue weighted by Gasteiger charge is 2.22. The maximum absolute atomic E-state index is 13.0.